The molecule has 3 amide bonds. The number of urea groups is 1. The average molecular weight is 459 g/mol. The van der Waals surface area contributed by atoms with Crippen molar-refractivity contribution in [2.24, 2.45) is 0 Å². The van der Waals surface area contributed by atoms with E-state index in [9.17, 15) is 9.59 Å². The molecule has 2 fully saturated rings. The molecule has 10 nitrogen and oxygen atoms in total. The first kappa shape index (κ1) is 20.6. The van der Waals surface area contributed by atoms with Crippen molar-refractivity contribution >= 4 is 23.4 Å². The number of pyridine rings is 1. The van der Waals surface area contributed by atoms with Crippen molar-refractivity contribution in [1.82, 2.24) is 30.2 Å². The fourth-order valence-electron chi connectivity index (χ4n) is 5.25. The number of hydrogen-bond donors (Lipinski definition) is 2. The molecule has 1 aliphatic carbocycles. The van der Waals surface area contributed by atoms with Gasteiger partial charge in [-0.2, -0.15) is 0 Å². The highest BCUT2D eigenvalue weighted by Gasteiger charge is 2.40. The van der Waals surface area contributed by atoms with Crippen LogP contribution < -0.4 is 16.0 Å². The maximum Gasteiger partial charge on any atom is 0.324 e. The summed E-state index contributed by atoms with van der Waals surface area (Å²) in [4.78, 5) is 33.5. The summed E-state index contributed by atoms with van der Waals surface area (Å²) < 4.78 is 1.64. The molecule has 0 spiro atoms. The van der Waals surface area contributed by atoms with Gasteiger partial charge in [-0.3, -0.25) is 9.69 Å². The van der Waals surface area contributed by atoms with Gasteiger partial charge in [-0.15, -0.1) is 5.10 Å². The second-order valence-corrected chi connectivity index (χ2v) is 9.19. The highest BCUT2D eigenvalue weighted by Crippen LogP contribution is 2.31. The molecule has 2 aliphatic heterocycles. The number of rotatable bonds is 5. The second-order valence-electron chi connectivity index (χ2n) is 9.19. The van der Waals surface area contributed by atoms with Crippen LogP contribution in [0.4, 0.5) is 16.3 Å². The molecule has 3 aromatic rings. The van der Waals surface area contributed by atoms with Gasteiger partial charge in [0.2, 0.25) is 0 Å². The number of anilines is 2. The van der Waals surface area contributed by atoms with Gasteiger partial charge in [-0.1, -0.05) is 23.4 Å². The molecule has 2 aromatic heterocycles. The van der Waals surface area contributed by atoms with Crippen LogP contribution in [0.1, 0.15) is 52.6 Å². The fraction of sp³-hybridized carbons (Fsp3) is 0.375. The molecular weight excluding hydrogens is 432 g/mol. The van der Waals surface area contributed by atoms with Crippen molar-refractivity contribution in [3.05, 3.63) is 65.1 Å². The van der Waals surface area contributed by atoms with Gasteiger partial charge < -0.3 is 16.0 Å². The number of nitrogens with two attached hydrogens (primary N) is 1. The first-order valence-corrected chi connectivity index (χ1v) is 11.7. The Kier molecular flexibility index (Phi) is 4.93. The summed E-state index contributed by atoms with van der Waals surface area (Å²) in [6.07, 6.45) is 5.41. The van der Waals surface area contributed by atoms with Crippen LogP contribution in [0.3, 0.4) is 0 Å². The molecule has 174 valence electrons. The number of fused-ring (bicyclic) bond motifs is 2. The van der Waals surface area contributed by atoms with Crippen LogP contribution in [-0.2, 0) is 13.0 Å². The van der Waals surface area contributed by atoms with Crippen LogP contribution in [0, 0.1) is 0 Å². The molecule has 0 radical (unpaired) electrons. The van der Waals surface area contributed by atoms with Crippen LogP contribution in [0.5, 0.6) is 0 Å². The highest BCUT2D eigenvalue weighted by atomic mass is 16.2. The molecule has 0 bridgehead atoms. The lowest BCUT2D eigenvalue weighted by Crippen LogP contribution is -2.31. The summed E-state index contributed by atoms with van der Waals surface area (Å²) >= 11 is 0. The molecule has 10 heteroatoms. The fourth-order valence-corrected chi connectivity index (χ4v) is 5.25. The second kappa shape index (κ2) is 8.12. The van der Waals surface area contributed by atoms with Gasteiger partial charge in [0.25, 0.3) is 5.91 Å². The summed E-state index contributed by atoms with van der Waals surface area (Å²) in [6.45, 7) is 2.10. The predicted octanol–water partition coefficient (Wildman–Crippen LogP) is 2.13. The van der Waals surface area contributed by atoms with Crippen LogP contribution in [0.2, 0.25) is 0 Å². The summed E-state index contributed by atoms with van der Waals surface area (Å²) in [5.41, 5.74) is 9.91. The van der Waals surface area contributed by atoms with Crippen molar-refractivity contribution in [3.8, 4) is 0 Å². The first-order valence-electron chi connectivity index (χ1n) is 11.7. The molecule has 6 rings (SSSR count). The molecular formula is C24H26N8O2. The number of aromatic nitrogens is 4. The zero-order valence-electron chi connectivity index (χ0n) is 18.7. The summed E-state index contributed by atoms with van der Waals surface area (Å²) in [5.74, 6) is 0.235. The van der Waals surface area contributed by atoms with E-state index in [1.807, 2.05) is 40.1 Å². The lowest BCUT2D eigenvalue weighted by Gasteiger charge is -2.17. The predicted molar refractivity (Wildman–Crippen MR) is 125 cm³/mol. The van der Waals surface area contributed by atoms with Crippen molar-refractivity contribution < 1.29 is 9.59 Å². The monoisotopic (exact) mass is 458 g/mol. The van der Waals surface area contributed by atoms with E-state index in [1.54, 1.807) is 16.9 Å². The third-order valence-corrected chi connectivity index (χ3v) is 6.99. The van der Waals surface area contributed by atoms with Gasteiger partial charge in [0.05, 0.1) is 24.8 Å². The Bertz CT molecular complexity index is 1250. The van der Waals surface area contributed by atoms with E-state index in [2.05, 4.69) is 20.6 Å². The lowest BCUT2D eigenvalue weighted by atomic mass is 10.1. The number of carbonyl (C=O) groups excluding carboxylic acids is 2. The van der Waals surface area contributed by atoms with Gasteiger partial charge in [0, 0.05) is 24.5 Å². The number of nitrogens with one attached hydrogen (secondary N) is 1. The number of nitrogens with zero attached hydrogens (tertiary/aromatic N) is 6. The number of carbonyl (C=O) groups is 2. The minimum atomic E-state index is -0.260. The SMILES string of the molecule is Nc1ccc2c(n1)CCC2NC(=O)c1cn(Cc2ccc(N3CC4CCCN4C3=O)cc2)nn1. The Balaban J connectivity index is 1.09. The Labute approximate surface area is 196 Å². The largest absolute Gasteiger partial charge is 0.384 e. The van der Waals surface area contributed by atoms with Gasteiger partial charge in [0.1, 0.15) is 5.82 Å². The number of aryl methyl sites for hydroxylation is 1. The van der Waals surface area contributed by atoms with Crippen molar-refractivity contribution in [1.29, 1.82) is 0 Å². The van der Waals surface area contributed by atoms with Crippen LogP contribution in [0.25, 0.3) is 0 Å². The maximum atomic E-state index is 12.7. The molecule has 2 atom stereocenters. The Morgan fingerprint density at radius 2 is 2.00 bits per heavy atom. The van der Waals surface area contributed by atoms with Crippen molar-refractivity contribution in [3.63, 3.8) is 0 Å². The summed E-state index contributed by atoms with van der Waals surface area (Å²) in [6, 6.07) is 12.0. The minimum absolute atomic E-state index is 0.0996. The van der Waals surface area contributed by atoms with Crippen LogP contribution >= 0.6 is 0 Å². The molecule has 3 aliphatic rings. The van der Waals surface area contributed by atoms with E-state index in [0.717, 1.165) is 61.3 Å². The van der Waals surface area contributed by atoms with Crippen molar-refractivity contribution in [2.75, 3.05) is 23.7 Å². The topological polar surface area (TPSA) is 122 Å². The molecule has 4 heterocycles. The molecule has 2 saturated heterocycles. The van der Waals surface area contributed by atoms with Gasteiger partial charge in [-0.25, -0.2) is 14.5 Å². The third-order valence-electron chi connectivity index (χ3n) is 6.99. The zero-order valence-corrected chi connectivity index (χ0v) is 18.7. The van der Waals surface area contributed by atoms with Gasteiger partial charge in [-0.05, 0) is 55.0 Å². The highest BCUT2D eigenvalue weighted by molar-refractivity contribution is 5.95. The van der Waals surface area contributed by atoms with E-state index in [0.29, 0.717) is 18.4 Å². The van der Waals surface area contributed by atoms with Gasteiger partial charge >= 0.3 is 6.03 Å². The quantitative estimate of drug-likeness (QED) is 0.604. The van der Waals surface area contributed by atoms with Gasteiger partial charge in [0.15, 0.2) is 5.69 Å². The Morgan fingerprint density at radius 3 is 2.82 bits per heavy atom. The Morgan fingerprint density at radius 1 is 1.15 bits per heavy atom. The lowest BCUT2D eigenvalue weighted by molar-refractivity contribution is 0.0931. The number of nitrogen functional groups attached to an aromatic ring is 1. The maximum absolute atomic E-state index is 12.7. The zero-order chi connectivity index (χ0) is 23.2. The first-order chi connectivity index (χ1) is 16.5. The van der Waals surface area contributed by atoms with Crippen LogP contribution in [0.15, 0.2) is 42.6 Å². The molecule has 0 saturated carbocycles. The molecule has 34 heavy (non-hydrogen) atoms. The minimum Gasteiger partial charge on any atom is -0.384 e. The van der Waals surface area contributed by atoms with E-state index in [-0.39, 0.29) is 23.7 Å². The van der Waals surface area contributed by atoms with E-state index in [4.69, 9.17) is 5.73 Å². The van der Waals surface area contributed by atoms with Crippen molar-refractivity contribution in [2.45, 2.75) is 44.3 Å². The van der Waals surface area contributed by atoms with Crippen LogP contribution in [-0.4, -0.2) is 55.9 Å². The third kappa shape index (κ3) is 3.64. The number of hydrogen-bond acceptors (Lipinski definition) is 6. The molecule has 3 N–H and O–H groups in total. The van der Waals surface area contributed by atoms with E-state index in [1.165, 1.54) is 0 Å². The van der Waals surface area contributed by atoms with E-state index < -0.39 is 0 Å². The average Bonchev–Trinajstić information content (AvgIpc) is 3.61. The normalized spacial score (nSPS) is 21.1. The summed E-state index contributed by atoms with van der Waals surface area (Å²) in [7, 11) is 0. The Hall–Kier alpha value is -3.95. The van der Waals surface area contributed by atoms with E-state index >= 15 is 0 Å². The number of benzene rings is 1. The molecule has 1 aromatic carbocycles. The summed E-state index contributed by atoms with van der Waals surface area (Å²) in [5, 5.41) is 11.2. The smallest absolute Gasteiger partial charge is 0.324 e. The molecule has 2 unspecified atom stereocenters. The standard InChI is InChI=1S/C24H26N8O2/c25-22-10-7-18-19(26-22)8-9-20(18)27-23(33)21-14-30(29-28-21)12-15-3-5-16(6-4-15)32-13-17-2-1-11-31(17)24(32)34/h3-7,10,14,17,20H,1-2,8-9,11-13H2,(H2,25,26)(H,27,33). The number of amides is 3.